The Morgan fingerprint density at radius 1 is 0.929 bits per heavy atom. The van der Waals surface area contributed by atoms with Crippen LogP contribution in [0.1, 0.15) is 77.6 Å². The monoisotopic (exact) mass is 404 g/mol. The molecule has 2 nitrogen and oxygen atoms in total. The minimum atomic E-state index is -4.91. The second-order valence-electron chi connectivity index (χ2n) is 7.89. The van der Waals surface area contributed by atoms with Crippen molar-refractivity contribution in [3.8, 4) is 11.5 Å². The van der Waals surface area contributed by atoms with Crippen LogP contribution >= 0.6 is 0 Å². The molecule has 1 aromatic carbocycles. The van der Waals surface area contributed by atoms with Crippen LogP contribution in [0, 0.1) is 17.7 Å². The molecule has 1 aliphatic rings. The second kappa shape index (κ2) is 11.5. The van der Waals surface area contributed by atoms with E-state index in [0.29, 0.717) is 12.5 Å². The first-order valence-corrected chi connectivity index (χ1v) is 10.6. The van der Waals surface area contributed by atoms with Crippen molar-refractivity contribution >= 4 is 0 Å². The Balaban J connectivity index is 1.64. The van der Waals surface area contributed by atoms with Gasteiger partial charge in [-0.05, 0) is 36.8 Å². The number of ether oxygens (including phenoxy) is 2. The van der Waals surface area contributed by atoms with Gasteiger partial charge in [0.05, 0.1) is 6.61 Å². The maximum Gasteiger partial charge on any atom is 0.573 e. The number of halogens is 4. The van der Waals surface area contributed by atoms with Crippen LogP contribution < -0.4 is 9.47 Å². The molecule has 6 heteroatoms. The maximum absolute atomic E-state index is 13.7. The van der Waals surface area contributed by atoms with Gasteiger partial charge in [0.15, 0.2) is 11.6 Å². The van der Waals surface area contributed by atoms with Gasteiger partial charge in [0, 0.05) is 6.07 Å². The Morgan fingerprint density at radius 3 is 2.21 bits per heavy atom. The zero-order valence-corrected chi connectivity index (χ0v) is 16.7. The molecular weight excluding hydrogens is 372 g/mol. The molecule has 1 aliphatic carbocycles. The van der Waals surface area contributed by atoms with E-state index in [0.717, 1.165) is 30.9 Å². The van der Waals surface area contributed by atoms with Gasteiger partial charge in [0.2, 0.25) is 0 Å². The second-order valence-corrected chi connectivity index (χ2v) is 7.89. The standard InChI is InChI=1S/C22H32F4O2/c1-2-3-4-5-6-7-8-17-9-11-18(12-10-17)16-27-19-13-14-21(20(23)15-19)28-22(24,25)26/h13-15,17-18H,2-12,16H2,1H3/t17-,18-. The smallest absolute Gasteiger partial charge is 0.493 e. The van der Waals surface area contributed by atoms with E-state index in [2.05, 4.69) is 11.7 Å². The Morgan fingerprint density at radius 2 is 1.57 bits per heavy atom. The minimum absolute atomic E-state index is 0.237. The van der Waals surface area contributed by atoms with Gasteiger partial charge in [-0.15, -0.1) is 13.2 Å². The van der Waals surface area contributed by atoms with Crippen LogP contribution in [0.3, 0.4) is 0 Å². The van der Waals surface area contributed by atoms with Gasteiger partial charge in [-0.25, -0.2) is 4.39 Å². The molecule has 2 rings (SSSR count). The molecule has 0 saturated heterocycles. The summed E-state index contributed by atoms with van der Waals surface area (Å²) >= 11 is 0. The van der Waals surface area contributed by atoms with Crippen molar-refractivity contribution in [1.29, 1.82) is 0 Å². The van der Waals surface area contributed by atoms with E-state index in [-0.39, 0.29) is 5.75 Å². The third-order valence-electron chi connectivity index (χ3n) is 5.55. The normalized spacial score (nSPS) is 20.2. The Labute approximate surface area is 165 Å². The van der Waals surface area contributed by atoms with E-state index in [1.54, 1.807) is 0 Å². The summed E-state index contributed by atoms with van der Waals surface area (Å²) in [5, 5.41) is 0. The number of alkyl halides is 3. The van der Waals surface area contributed by atoms with Crippen LogP contribution in [-0.4, -0.2) is 13.0 Å². The van der Waals surface area contributed by atoms with Crippen LogP contribution in [0.4, 0.5) is 17.6 Å². The lowest BCUT2D eigenvalue weighted by atomic mass is 9.80. The van der Waals surface area contributed by atoms with Gasteiger partial charge in [0.1, 0.15) is 5.75 Å². The van der Waals surface area contributed by atoms with Crippen molar-refractivity contribution in [2.24, 2.45) is 11.8 Å². The predicted octanol–water partition coefficient (Wildman–Crippen LogP) is 7.66. The number of unbranched alkanes of at least 4 members (excludes halogenated alkanes) is 5. The molecule has 0 aliphatic heterocycles. The highest BCUT2D eigenvalue weighted by Gasteiger charge is 2.32. The summed E-state index contributed by atoms with van der Waals surface area (Å²) < 4.78 is 59.5. The van der Waals surface area contributed by atoms with E-state index in [1.165, 1.54) is 63.9 Å². The van der Waals surface area contributed by atoms with E-state index < -0.39 is 17.9 Å². The first-order chi connectivity index (χ1) is 13.4. The van der Waals surface area contributed by atoms with Gasteiger partial charge in [-0.1, -0.05) is 64.7 Å². The predicted molar refractivity (Wildman–Crippen MR) is 102 cm³/mol. The third-order valence-corrected chi connectivity index (χ3v) is 5.55. The Kier molecular flexibility index (Phi) is 9.39. The molecular formula is C22H32F4O2. The van der Waals surface area contributed by atoms with Crippen molar-refractivity contribution in [2.75, 3.05) is 6.61 Å². The maximum atomic E-state index is 13.7. The Bertz CT molecular complexity index is 566. The van der Waals surface area contributed by atoms with Gasteiger partial charge in [-0.2, -0.15) is 0 Å². The first kappa shape index (κ1) is 22.8. The Hall–Kier alpha value is -1.46. The third kappa shape index (κ3) is 8.70. The van der Waals surface area contributed by atoms with Crippen molar-refractivity contribution < 1.29 is 27.0 Å². The van der Waals surface area contributed by atoms with Crippen molar-refractivity contribution in [3.63, 3.8) is 0 Å². The van der Waals surface area contributed by atoms with Crippen LogP contribution in [0.2, 0.25) is 0 Å². The molecule has 1 fully saturated rings. The lowest BCUT2D eigenvalue weighted by Gasteiger charge is -2.28. The van der Waals surface area contributed by atoms with E-state index in [4.69, 9.17) is 4.74 Å². The summed E-state index contributed by atoms with van der Waals surface area (Å²) in [6.45, 7) is 2.71. The highest BCUT2D eigenvalue weighted by molar-refractivity contribution is 5.33. The SMILES string of the molecule is CCCCCCCC[C@H]1CC[C@H](COc2ccc(OC(F)(F)F)c(F)c2)CC1. The lowest BCUT2D eigenvalue weighted by Crippen LogP contribution is -2.20. The molecule has 0 N–H and O–H groups in total. The average molecular weight is 404 g/mol. The van der Waals surface area contributed by atoms with Crippen LogP contribution in [0.5, 0.6) is 11.5 Å². The van der Waals surface area contributed by atoms with Crippen molar-refractivity contribution in [1.82, 2.24) is 0 Å². The summed E-state index contributed by atoms with van der Waals surface area (Å²) in [4.78, 5) is 0. The lowest BCUT2D eigenvalue weighted by molar-refractivity contribution is -0.275. The molecule has 0 spiro atoms. The van der Waals surface area contributed by atoms with Gasteiger partial charge in [0.25, 0.3) is 0 Å². The fourth-order valence-corrected chi connectivity index (χ4v) is 3.89. The molecule has 0 aromatic heterocycles. The molecule has 0 bridgehead atoms. The summed E-state index contributed by atoms with van der Waals surface area (Å²) in [6, 6.07) is 3.22. The minimum Gasteiger partial charge on any atom is -0.493 e. The summed E-state index contributed by atoms with van der Waals surface area (Å²) in [6.07, 6.45) is 8.98. The molecule has 160 valence electrons. The molecule has 0 amide bonds. The molecule has 0 radical (unpaired) electrons. The summed E-state index contributed by atoms with van der Waals surface area (Å²) in [5.74, 6) is -0.442. The highest BCUT2D eigenvalue weighted by atomic mass is 19.4. The van der Waals surface area contributed by atoms with Gasteiger partial charge >= 0.3 is 6.36 Å². The quantitative estimate of drug-likeness (QED) is 0.278. The number of rotatable bonds is 11. The number of hydrogen-bond donors (Lipinski definition) is 0. The molecule has 28 heavy (non-hydrogen) atoms. The van der Waals surface area contributed by atoms with Gasteiger partial charge in [-0.3, -0.25) is 0 Å². The van der Waals surface area contributed by atoms with Crippen LogP contribution in [0.25, 0.3) is 0 Å². The van der Waals surface area contributed by atoms with E-state index in [1.807, 2.05) is 0 Å². The van der Waals surface area contributed by atoms with Crippen molar-refractivity contribution in [3.05, 3.63) is 24.0 Å². The van der Waals surface area contributed by atoms with Crippen molar-refractivity contribution in [2.45, 2.75) is 83.9 Å². The number of hydrogen-bond acceptors (Lipinski definition) is 2. The average Bonchev–Trinajstić information content (AvgIpc) is 2.65. The molecule has 1 aromatic rings. The molecule has 0 unspecified atom stereocenters. The molecule has 0 atom stereocenters. The molecule has 0 heterocycles. The summed E-state index contributed by atoms with van der Waals surface area (Å²) in [7, 11) is 0. The molecule has 1 saturated carbocycles. The topological polar surface area (TPSA) is 18.5 Å². The largest absolute Gasteiger partial charge is 0.573 e. The van der Waals surface area contributed by atoms with E-state index >= 15 is 0 Å². The van der Waals surface area contributed by atoms with E-state index in [9.17, 15) is 17.6 Å². The number of benzene rings is 1. The summed E-state index contributed by atoms with van der Waals surface area (Å²) in [5.41, 5.74) is 0. The first-order valence-electron chi connectivity index (χ1n) is 10.6. The van der Waals surface area contributed by atoms with Crippen LogP contribution in [-0.2, 0) is 0 Å². The fourth-order valence-electron chi connectivity index (χ4n) is 3.89. The highest BCUT2D eigenvalue weighted by Crippen LogP contribution is 2.33. The zero-order valence-electron chi connectivity index (χ0n) is 16.7. The van der Waals surface area contributed by atoms with Crippen LogP contribution in [0.15, 0.2) is 18.2 Å². The fraction of sp³-hybridized carbons (Fsp3) is 0.727. The zero-order chi connectivity index (χ0) is 20.4. The van der Waals surface area contributed by atoms with Gasteiger partial charge < -0.3 is 9.47 Å².